The van der Waals surface area contributed by atoms with Gasteiger partial charge in [0.25, 0.3) is 0 Å². The van der Waals surface area contributed by atoms with Crippen LogP contribution in [0.5, 0.6) is 0 Å². The molecule has 1 aromatic heterocycles. The molecule has 3 fully saturated rings. The van der Waals surface area contributed by atoms with Gasteiger partial charge in [0.15, 0.2) is 0 Å². The predicted molar refractivity (Wildman–Crippen MR) is 134 cm³/mol. The van der Waals surface area contributed by atoms with Gasteiger partial charge >= 0.3 is 0 Å². The Hall–Kier alpha value is -2.13. The van der Waals surface area contributed by atoms with Crippen LogP contribution >= 0.6 is 23.2 Å². The summed E-state index contributed by atoms with van der Waals surface area (Å²) >= 11 is 13.0. The number of benzene rings is 1. The summed E-state index contributed by atoms with van der Waals surface area (Å²) in [5.41, 5.74) is 8.23. The fraction of sp³-hybridized carbons (Fsp3) is 0.522. The minimum atomic E-state index is 0.171. The first-order valence-electron chi connectivity index (χ1n) is 11.4. The van der Waals surface area contributed by atoms with E-state index in [1.165, 1.54) is 19.0 Å². The first-order valence-corrected chi connectivity index (χ1v) is 12.1. The number of nitrogens with zero attached hydrogens (tertiary/aromatic N) is 5. The van der Waals surface area contributed by atoms with Crippen molar-refractivity contribution in [1.82, 2.24) is 14.9 Å². The van der Waals surface area contributed by atoms with E-state index < -0.39 is 0 Å². The molecule has 0 spiro atoms. The summed E-state index contributed by atoms with van der Waals surface area (Å²) in [6.45, 7) is 8.39. The molecule has 33 heavy (non-hydrogen) atoms. The zero-order valence-electron chi connectivity index (χ0n) is 18.7. The van der Waals surface area contributed by atoms with Gasteiger partial charge in [0, 0.05) is 50.5 Å². The largest absolute Gasteiger partial charge is 0.403 e. The number of allylic oxidation sites excluding steroid dienone is 1. The molecule has 0 amide bonds. The molecule has 0 radical (unpaired) electrons. The Morgan fingerprint density at radius 1 is 1.30 bits per heavy atom. The molecule has 1 aliphatic carbocycles. The van der Waals surface area contributed by atoms with E-state index >= 15 is 0 Å². The molecule has 1 saturated carbocycles. The highest BCUT2D eigenvalue weighted by Crippen LogP contribution is 2.33. The van der Waals surface area contributed by atoms with Crippen LogP contribution in [0.1, 0.15) is 19.8 Å². The topological polar surface area (TPSA) is 91.9 Å². The molecule has 1 aromatic carbocycles. The number of rotatable bonds is 7. The Morgan fingerprint density at radius 2 is 2.06 bits per heavy atom. The minimum Gasteiger partial charge on any atom is -0.403 e. The van der Waals surface area contributed by atoms with Crippen molar-refractivity contribution in [2.45, 2.75) is 25.3 Å². The Balaban J connectivity index is 1.32. The van der Waals surface area contributed by atoms with E-state index in [-0.39, 0.29) is 5.54 Å². The molecule has 2 aromatic rings. The number of halogens is 2. The lowest BCUT2D eigenvalue weighted by Crippen LogP contribution is -2.64. The van der Waals surface area contributed by atoms with Crippen molar-refractivity contribution in [3.63, 3.8) is 0 Å². The maximum absolute atomic E-state index is 6.65. The standard InChI is InChI=1S/C23H29Cl2N7O/c1-23(13-33-14-23)32-6-4-31(5-7-32)20-9-18-16(8-17(20)24)12-28-22(29-18)30-19(10-26)21(25)27-11-15-2-3-15/h8-10,12,15H,2-7,11,13-14,26H2,1H3,(H,28,29,30)/b19-10+,27-21?. The van der Waals surface area contributed by atoms with Crippen LogP contribution in [0.25, 0.3) is 10.9 Å². The van der Waals surface area contributed by atoms with E-state index in [9.17, 15) is 0 Å². The summed E-state index contributed by atoms with van der Waals surface area (Å²) in [7, 11) is 0. The van der Waals surface area contributed by atoms with Gasteiger partial charge < -0.3 is 20.7 Å². The molecular formula is C23H29Cl2N7O. The van der Waals surface area contributed by atoms with Crippen LogP contribution in [0, 0.1) is 5.92 Å². The SMILES string of the molecule is CC1(N2CCN(c3cc4nc(N/C(=C/N)C(Cl)=NCC5CC5)ncc4cc3Cl)CC2)COC1. The Labute approximate surface area is 203 Å². The second-order valence-corrected chi connectivity index (χ2v) is 10.1. The third-order valence-corrected chi connectivity index (χ3v) is 7.30. The minimum absolute atomic E-state index is 0.171. The Kier molecular flexibility index (Phi) is 6.35. The predicted octanol–water partition coefficient (Wildman–Crippen LogP) is 3.45. The molecule has 3 aliphatic rings. The molecule has 2 aliphatic heterocycles. The number of aromatic nitrogens is 2. The first kappa shape index (κ1) is 22.7. The number of hydrogen-bond donors (Lipinski definition) is 2. The molecule has 5 rings (SSSR count). The van der Waals surface area contributed by atoms with E-state index in [1.54, 1.807) is 6.20 Å². The van der Waals surface area contributed by atoms with Gasteiger partial charge in [0.2, 0.25) is 5.95 Å². The summed E-state index contributed by atoms with van der Waals surface area (Å²) in [5, 5.41) is 5.02. The van der Waals surface area contributed by atoms with Crippen molar-refractivity contribution in [2.24, 2.45) is 16.6 Å². The summed E-state index contributed by atoms with van der Waals surface area (Å²) in [4.78, 5) is 18.3. The number of piperazine rings is 1. The molecule has 3 N–H and O–H groups in total. The van der Waals surface area contributed by atoms with Gasteiger partial charge in [-0.1, -0.05) is 23.2 Å². The summed E-state index contributed by atoms with van der Waals surface area (Å²) in [6.07, 6.45) is 5.57. The molecule has 0 unspecified atom stereocenters. The van der Waals surface area contributed by atoms with Crippen molar-refractivity contribution in [3.05, 3.63) is 35.2 Å². The lowest BCUT2D eigenvalue weighted by molar-refractivity contribution is -0.131. The normalized spacial score (nSPS) is 21.8. The van der Waals surface area contributed by atoms with Crippen LogP contribution in [0.2, 0.25) is 5.02 Å². The van der Waals surface area contributed by atoms with Crippen molar-refractivity contribution in [3.8, 4) is 0 Å². The van der Waals surface area contributed by atoms with E-state index in [2.05, 4.69) is 37.0 Å². The second kappa shape index (κ2) is 9.25. The highest BCUT2D eigenvalue weighted by Gasteiger charge is 2.40. The third-order valence-electron chi connectivity index (χ3n) is 6.68. The smallest absolute Gasteiger partial charge is 0.227 e. The van der Waals surface area contributed by atoms with E-state index in [4.69, 9.17) is 33.7 Å². The van der Waals surface area contributed by atoms with Crippen molar-refractivity contribution in [1.29, 1.82) is 0 Å². The number of nitrogens with one attached hydrogen (secondary N) is 1. The average Bonchev–Trinajstić information content (AvgIpc) is 3.64. The number of aliphatic imine (C=N–C) groups is 1. The highest BCUT2D eigenvalue weighted by molar-refractivity contribution is 6.69. The van der Waals surface area contributed by atoms with Gasteiger partial charge in [0.05, 0.1) is 40.7 Å². The van der Waals surface area contributed by atoms with Gasteiger partial charge in [-0.05, 0) is 37.8 Å². The van der Waals surface area contributed by atoms with Crippen molar-refractivity contribution >= 4 is 50.9 Å². The molecule has 3 heterocycles. The van der Waals surface area contributed by atoms with E-state index in [0.717, 1.165) is 62.5 Å². The monoisotopic (exact) mass is 489 g/mol. The molecule has 2 saturated heterocycles. The van der Waals surface area contributed by atoms with Gasteiger partial charge in [-0.2, -0.15) is 0 Å². The first-order chi connectivity index (χ1) is 15.9. The van der Waals surface area contributed by atoms with Crippen LogP contribution in [-0.2, 0) is 4.74 Å². The average molecular weight is 490 g/mol. The number of anilines is 2. The van der Waals surface area contributed by atoms with E-state index in [1.807, 2.05) is 12.1 Å². The van der Waals surface area contributed by atoms with Crippen LogP contribution in [0.3, 0.4) is 0 Å². The van der Waals surface area contributed by atoms with Crippen LogP contribution in [0.4, 0.5) is 11.6 Å². The zero-order valence-corrected chi connectivity index (χ0v) is 20.2. The Bertz CT molecular complexity index is 1090. The fourth-order valence-electron chi connectivity index (χ4n) is 4.29. The number of hydrogen-bond acceptors (Lipinski definition) is 8. The third kappa shape index (κ3) is 4.89. The van der Waals surface area contributed by atoms with Gasteiger partial charge in [-0.3, -0.25) is 9.89 Å². The molecule has 0 bridgehead atoms. The molecule has 0 atom stereocenters. The molecular weight excluding hydrogens is 461 g/mol. The number of fused-ring (bicyclic) bond motifs is 1. The number of nitrogens with two attached hydrogens (primary N) is 1. The van der Waals surface area contributed by atoms with Gasteiger partial charge in [0.1, 0.15) is 5.17 Å². The van der Waals surface area contributed by atoms with Crippen LogP contribution in [-0.4, -0.2) is 71.5 Å². The lowest BCUT2D eigenvalue weighted by atomic mass is 9.97. The van der Waals surface area contributed by atoms with E-state index in [0.29, 0.717) is 27.8 Å². The molecule has 176 valence electrons. The van der Waals surface area contributed by atoms with Gasteiger partial charge in [-0.15, -0.1) is 0 Å². The van der Waals surface area contributed by atoms with Crippen molar-refractivity contribution in [2.75, 3.05) is 56.2 Å². The van der Waals surface area contributed by atoms with Crippen LogP contribution in [0.15, 0.2) is 35.2 Å². The fourth-order valence-corrected chi connectivity index (χ4v) is 4.76. The maximum atomic E-state index is 6.65. The van der Waals surface area contributed by atoms with Crippen LogP contribution < -0.4 is 16.0 Å². The number of ether oxygens (including phenoxy) is 1. The Morgan fingerprint density at radius 3 is 2.70 bits per heavy atom. The quantitative estimate of drug-likeness (QED) is 0.575. The highest BCUT2D eigenvalue weighted by atomic mass is 35.5. The lowest BCUT2D eigenvalue weighted by Gasteiger charge is -2.50. The summed E-state index contributed by atoms with van der Waals surface area (Å²) in [6, 6.07) is 3.95. The molecule has 10 heteroatoms. The summed E-state index contributed by atoms with van der Waals surface area (Å²) in [5.74, 6) is 1.06. The maximum Gasteiger partial charge on any atom is 0.227 e. The summed E-state index contributed by atoms with van der Waals surface area (Å²) < 4.78 is 5.43. The molecule has 8 nitrogen and oxygen atoms in total. The zero-order chi connectivity index (χ0) is 23.0. The van der Waals surface area contributed by atoms with Crippen molar-refractivity contribution < 1.29 is 4.74 Å². The second-order valence-electron chi connectivity index (χ2n) is 9.30. The van der Waals surface area contributed by atoms with Gasteiger partial charge in [-0.25, -0.2) is 9.97 Å².